The van der Waals surface area contributed by atoms with E-state index in [2.05, 4.69) is 15.0 Å². The van der Waals surface area contributed by atoms with Gasteiger partial charge in [-0.3, -0.25) is 4.79 Å². The molecule has 144 valence electrons. The summed E-state index contributed by atoms with van der Waals surface area (Å²) in [6.45, 7) is 1.77. The fourth-order valence-corrected chi connectivity index (χ4v) is 6.96. The number of unbranched alkanes of at least 4 members (excludes halogenated alkanes) is 1. The normalized spacial score (nSPS) is 26.4. The first-order valence-corrected chi connectivity index (χ1v) is 12.5. The summed E-state index contributed by atoms with van der Waals surface area (Å²) in [7, 11) is 4.04. The molecule has 3 aliphatic rings. The van der Waals surface area contributed by atoms with Crippen LogP contribution < -0.4 is 0 Å². The van der Waals surface area contributed by atoms with Crippen LogP contribution >= 0.6 is 21.6 Å². The standard InChI is InChI=1S/C19H29N3O2S2/c23-18(6-2-1-5-16-9-11-25-26-16)22-10-3-4-14(13-22)12-17-20-19(21-24-17)15-7-8-15/h14-16H,1-13H2. The van der Waals surface area contributed by atoms with Gasteiger partial charge in [0.2, 0.25) is 11.8 Å². The summed E-state index contributed by atoms with van der Waals surface area (Å²) in [5.74, 6) is 4.30. The maximum Gasteiger partial charge on any atom is 0.226 e. The number of hydrogen-bond acceptors (Lipinski definition) is 6. The van der Waals surface area contributed by atoms with Crippen molar-refractivity contribution < 1.29 is 9.32 Å². The number of nitrogens with zero attached hydrogens (tertiary/aromatic N) is 3. The van der Waals surface area contributed by atoms with Crippen LogP contribution in [0.15, 0.2) is 4.52 Å². The minimum Gasteiger partial charge on any atom is -0.342 e. The van der Waals surface area contributed by atoms with Crippen molar-refractivity contribution in [2.45, 2.75) is 75.4 Å². The van der Waals surface area contributed by atoms with Gasteiger partial charge < -0.3 is 9.42 Å². The lowest BCUT2D eigenvalue weighted by Crippen LogP contribution is -2.40. The van der Waals surface area contributed by atoms with Crippen LogP contribution in [0.5, 0.6) is 0 Å². The highest BCUT2D eigenvalue weighted by Crippen LogP contribution is 2.40. The number of piperidine rings is 1. The molecule has 0 aromatic carbocycles. The molecule has 2 saturated heterocycles. The molecule has 7 heteroatoms. The first-order chi connectivity index (χ1) is 12.8. The summed E-state index contributed by atoms with van der Waals surface area (Å²) < 4.78 is 5.42. The van der Waals surface area contributed by atoms with Crippen LogP contribution in [0.2, 0.25) is 0 Å². The molecule has 0 radical (unpaired) electrons. The Morgan fingerprint density at radius 2 is 2.15 bits per heavy atom. The first kappa shape index (κ1) is 18.7. The Bertz CT molecular complexity index is 599. The topological polar surface area (TPSA) is 59.2 Å². The Hall–Kier alpha value is -0.690. The van der Waals surface area contributed by atoms with E-state index in [1.54, 1.807) is 0 Å². The molecular weight excluding hydrogens is 366 g/mol. The number of hydrogen-bond donors (Lipinski definition) is 0. The Morgan fingerprint density at radius 3 is 2.96 bits per heavy atom. The minimum absolute atomic E-state index is 0.340. The van der Waals surface area contributed by atoms with Gasteiger partial charge in [-0.05, 0) is 50.9 Å². The predicted molar refractivity (Wildman–Crippen MR) is 106 cm³/mol. The molecule has 2 aliphatic heterocycles. The lowest BCUT2D eigenvalue weighted by Gasteiger charge is -2.32. The quantitative estimate of drug-likeness (QED) is 0.479. The van der Waals surface area contributed by atoms with Gasteiger partial charge in [-0.1, -0.05) is 33.2 Å². The molecule has 3 heterocycles. The van der Waals surface area contributed by atoms with E-state index in [1.807, 2.05) is 21.6 Å². The summed E-state index contributed by atoms with van der Waals surface area (Å²) in [5, 5.41) is 4.93. The van der Waals surface area contributed by atoms with E-state index in [9.17, 15) is 4.79 Å². The predicted octanol–water partition coefficient (Wildman–Crippen LogP) is 4.44. The molecule has 1 saturated carbocycles. The molecule has 0 bridgehead atoms. The van der Waals surface area contributed by atoms with Gasteiger partial charge in [0.15, 0.2) is 5.82 Å². The Balaban J connectivity index is 1.17. The lowest BCUT2D eigenvalue weighted by atomic mass is 9.94. The van der Waals surface area contributed by atoms with Crippen molar-refractivity contribution in [3.8, 4) is 0 Å². The zero-order chi connectivity index (χ0) is 17.8. The van der Waals surface area contributed by atoms with E-state index in [1.165, 1.54) is 37.9 Å². The summed E-state index contributed by atoms with van der Waals surface area (Å²) in [6.07, 6.45) is 11.0. The summed E-state index contributed by atoms with van der Waals surface area (Å²) in [5.41, 5.74) is 0. The third kappa shape index (κ3) is 5.18. The van der Waals surface area contributed by atoms with Crippen molar-refractivity contribution in [1.29, 1.82) is 0 Å². The molecule has 1 amide bonds. The molecule has 2 unspecified atom stereocenters. The molecule has 3 fully saturated rings. The van der Waals surface area contributed by atoms with Crippen molar-refractivity contribution in [1.82, 2.24) is 15.0 Å². The van der Waals surface area contributed by atoms with E-state index in [4.69, 9.17) is 4.52 Å². The van der Waals surface area contributed by atoms with Gasteiger partial charge in [-0.15, -0.1) is 0 Å². The smallest absolute Gasteiger partial charge is 0.226 e. The van der Waals surface area contributed by atoms with E-state index < -0.39 is 0 Å². The number of amides is 1. The number of likely N-dealkylation sites (tertiary alicyclic amines) is 1. The fourth-order valence-electron chi connectivity index (χ4n) is 3.93. The van der Waals surface area contributed by atoms with Crippen molar-refractivity contribution in [3.63, 3.8) is 0 Å². The third-order valence-electron chi connectivity index (χ3n) is 5.66. The number of carbonyl (C=O) groups is 1. The van der Waals surface area contributed by atoms with Gasteiger partial charge >= 0.3 is 0 Å². The van der Waals surface area contributed by atoms with Crippen LogP contribution in [0.25, 0.3) is 0 Å². The number of carbonyl (C=O) groups excluding carboxylic acids is 1. The second-order valence-electron chi connectivity index (χ2n) is 7.95. The zero-order valence-electron chi connectivity index (χ0n) is 15.4. The van der Waals surface area contributed by atoms with Crippen LogP contribution in [0.1, 0.15) is 75.4 Å². The molecule has 1 aromatic rings. The van der Waals surface area contributed by atoms with Gasteiger partial charge in [0.05, 0.1) is 0 Å². The van der Waals surface area contributed by atoms with Crippen LogP contribution in [-0.4, -0.2) is 45.0 Å². The van der Waals surface area contributed by atoms with E-state index >= 15 is 0 Å². The molecular formula is C19H29N3O2S2. The van der Waals surface area contributed by atoms with Gasteiger partial charge in [0.1, 0.15) is 0 Å². The number of rotatable bonds is 8. The molecule has 1 aliphatic carbocycles. The molecule has 1 aromatic heterocycles. The van der Waals surface area contributed by atoms with Crippen molar-refractivity contribution >= 4 is 27.5 Å². The zero-order valence-corrected chi connectivity index (χ0v) is 17.0. The van der Waals surface area contributed by atoms with Gasteiger partial charge in [-0.2, -0.15) is 4.98 Å². The largest absolute Gasteiger partial charge is 0.342 e. The van der Waals surface area contributed by atoms with Gasteiger partial charge in [-0.25, -0.2) is 0 Å². The first-order valence-electron chi connectivity index (χ1n) is 10.2. The van der Waals surface area contributed by atoms with Crippen molar-refractivity contribution in [2.75, 3.05) is 18.8 Å². The Morgan fingerprint density at radius 1 is 1.23 bits per heavy atom. The monoisotopic (exact) mass is 395 g/mol. The maximum atomic E-state index is 12.6. The maximum absolute atomic E-state index is 12.6. The molecule has 0 N–H and O–H groups in total. The average Bonchev–Trinajstić information content (AvgIpc) is 3.17. The molecule has 0 spiro atoms. The van der Waals surface area contributed by atoms with Crippen molar-refractivity contribution in [2.24, 2.45) is 5.92 Å². The Labute approximate surface area is 163 Å². The van der Waals surface area contributed by atoms with E-state index in [0.717, 1.165) is 55.7 Å². The van der Waals surface area contributed by atoms with Gasteiger partial charge in [0.25, 0.3) is 0 Å². The van der Waals surface area contributed by atoms with Gasteiger partial charge in [0, 0.05) is 42.9 Å². The molecule has 2 atom stereocenters. The summed E-state index contributed by atoms with van der Waals surface area (Å²) in [6, 6.07) is 0. The summed E-state index contributed by atoms with van der Waals surface area (Å²) >= 11 is 0. The summed E-state index contributed by atoms with van der Waals surface area (Å²) in [4.78, 5) is 19.2. The average molecular weight is 396 g/mol. The second kappa shape index (κ2) is 9.00. The SMILES string of the molecule is O=C(CCCCC1CCSS1)N1CCCC(Cc2nc(C3CC3)no2)C1. The molecule has 26 heavy (non-hydrogen) atoms. The highest BCUT2D eigenvalue weighted by atomic mass is 33.1. The fraction of sp³-hybridized carbons (Fsp3) is 0.842. The van der Waals surface area contributed by atoms with Crippen LogP contribution in [0.4, 0.5) is 0 Å². The minimum atomic E-state index is 0.340. The number of aromatic nitrogens is 2. The Kier molecular flexibility index (Phi) is 6.46. The van der Waals surface area contributed by atoms with Crippen LogP contribution in [0, 0.1) is 5.92 Å². The van der Waals surface area contributed by atoms with Crippen LogP contribution in [-0.2, 0) is 11.2 Å². The third-order valence-corrected chi connectivity index (χ3v) is 8.66. The highest BCUT2D eigenvalue weighted by molar-refractivity contribution is 8.77. The lowest BCUT2D eigenvalue weighted by molar-refractivity contribution is -0.133. The van der Waals surface area contributed by atoms with E-state index in [-0.39, 0.29) is 0 Å². The van der Waals surface area contributed by atoms with Crippen LogP contribution in [0.3, 0.4) is 0 Å². The molecule has 4 rings (SSSR count). The van der Waals surface area contributed by atoms with Crippen molar-refractivity contribution in [3.05, 3.63) is 11.7 Å². The highest BCUT2D eigenvalue weighted by Gasteiger charge is 2.30. The van der Waals surface area contributed by atoms with E-state index in [0.29, 0.717) is 24.2 Å². The second-order valence-corrected chi connectivity index (χ2v) is 10.7. The molecule has 5 nitrogen and oxygen atoms in total.